The van der Waals surface area contributed by atoms with Gasteiger partial charge in [0.05, 0.1) is 11.6 Å². The van der Waals surface area contributed by atoms with E-state index in [9.17, 15) is 4.79 Å². The van der Waals surface area contributed by atoms with Crippen LogP contribution in [0.1, 0.15) is 15.9 Å². The Balaban J connectivity index is 1.88. The van der Waals surface area contributed by atoms with E-state index in [0.717, 1.165) is 10.8 Å². The van der Waals surface area contributed by atoms with Crippen molar-refractivity contribution >= 4 is 16.6 Å². The summed E-state index contributed by atoms with van der Waals surface area (Å²) in [6, 6.07) is 18.8. The van der Waals surface area contributed by atoms with Gasteiger partial charge in [-0.3, -0.25) is 4.79 Å². The third-order valence-electron chi connectivity index (χ3n) is 3.39. The molecule has 0 fully saturated rings. The number of benzene rings is 2. The van der Waals surface area contributed by atoms with Crippen molar-refractivity contribution in [2.75, 3.05) is 0 Å². The summed E-state index contributed by atoms with van der Waals surface area (Å²) in [4.78, 5) is 12.2. The quantitative estimate of drug-likeness (QED) is 0.544. The number of ketones is 1. The monoisotopic (exact) mass is 273 g/mol. The third-order valence-corrected chi connectivity index (χ3v) is 3.39. The standard InChI is InChI=1S/C18H13N2O/c19-11-14-6-7-17-12-20(9-8-16(17)10-14)13-18(21)15-4-2-1-3-5-15/h1-10,12H,13H2/q+1. The van der Waals surface area contributed by atoms with E-state index in [4.69, 9.17) is 5.26 Å². The second kappa shape index (κ2) is 5.56. The van der Waals surface area contributed by atoms with E-state index in [1.165, 1.54) is 0 Å². The molecule has 0 aliphatic heterocycles. The molecule has 0 aliphatic carbocycles. The first-order chi connectivity index (χ1) is 10.3. The van der Waals surface area contributed by atoms with Crippen LogP contribution in [0.2, 0.25) is 0 Å². The SMILES string of the molecule is N#Cc1ccc2c[n+](CC(=O)c3ccccc3)ccc2c1. The van der Waals surface area contributed by atoms with Gasteiger partial charge >= 0.3 is 0 Å². The van der Waals surface area contributed by atoms with Crippen molar-refractivity contribution in [3.63, 3.8) is 0 Å². The minimum absolute atomic E-state index is 0.0774. The minimum Gasteiger partial charge on any atom is -0.287 e. The maximum Gasteiger partial charge on any atom is 0.227 e. The number of Topliss-reactive ketones (excluding diaryl/α,β-unsaturated/α-hetero) is 1. The zero-order valence-corrected chi connectivity index (χ0v) is 11.4. The number of hydrogen-bond acceptors (Lipinski definition) is 2. The van der Waals surface area contributed by atoms with E-state index in [2.05, 4.69) is 6.07 Å². The predicted molar refractivity (Wildman–Crippen MR) is 79.6 cm³/mol. The smallest absolute Gasteiger partial charge is 0.227 e. The van der Waals surface area contributed by atoms with Gasteiger partial charge < -0.3 is 0 Å². The van der Waals surface area contributed by atoms with Gasteiger partial charge in [-0.2, -0.15) is 9.83 Å². The van der Waals surface area contributed by atoms with Crippen LogP contribution >= 0.6 is 0 Å². The summed E-state index contributed by atoms with van der Waals surface area (Å²) in [7, 11) is 0. The second-order valence-corrected chi connectivity index (χ2v) is 4.86. The zero-order valence-electron chi connectivity index (χ0n) is 11.4. The summed E-state index contributed by atoms with van der Waals surface area (Å²) in [5.74, 6) is 0.0774. The maximum atomic E-state index is 12.2. The highest BCUT2D eigenvalue weighted by atomic mass is 16.1. The number of fused-ring (bicyclic) bond motifs is 1. The van der Waals surface area contributed by atoms with Crippen LogP contribution in [-0.2, 0) is 6.54 Å². The van der Waals surface area contributed by atoms with Crippen molar-refractivity contribution in [3.05, 3.63) is 78.1 Å². The van der Waals surface area contributed by atoms with Gasteiger partial charge in [0.15, 0.2) is 12.4 Å². The van der Waals surface area contributed by atoms with Gasteiger partial charge in [0.2, 0.25) is 12.3 Å². The molecule has 0 bridgehead atoms. The summed E-state index contributed by atoms with van der Waals surface area (Å²) >= 11 is 0. The molecule has 3 aromatic rings. The van der Waals surface area contributed by atoms with Crippen molar-refractivity contribution in [2.45, 2.75) is 6.54 Å². The van der Waals surface area contributed by atoms with Gasteiger partial charge in [-0.1, -0.05) is 30.3 Å². The number of hydrogen-bond donors (Lipinski definition) is 0. The van der Waals surface area contributed by atoms with Gasteiger partial charge in [0.25, 0.3) is 0 Å². The Morgan fingerprint density at radius 1 is 1.05 bits per heavy atom. The first kappa shape index (κ1) is 13.0. The van der Waals surface area contributed by atoms with E-state index in [1.54, 1.807) is 6.07 Å². The highest BCUT2D eigenvalue weighted by Gasteiger charge is 2.12. The fraction of sp³-hybridized carbons (Fsp3) is 0.0556. The fourth-order valence-corrected chi connectivity index (χ4v) is 2.28. The van der Waals surface area contributed by atoms with Crippen LogP contribution in [0.15, 0.2) is 67.0 Å². The average molecular weight is 273 g/mol. The zero-order chi connectivity index (χ0) is 14.7. The first-order valence-corrected chi connectivity index (χ1v) is 6.67. The Kier molecular flexibility index (Phi) is 3.44. The number of nitriles is 1. The van der Waals surface area contributed by atoms with E-state index in [1.807, 2.05) is 65.5 Å². The number of carbonyl (C=O) groups is 1. The van der Waals surface area contributed by atoms with E-state index < -0.39 is 0 Å². The molecule has 1 aromatic heterocycles. The van der Waals surface area contributed by atoms with Gasteiger partial charge in [-0.15, -0.1) is 0 Å². The lowest BCUT2D eigenvalue weighted by Gasteiger charge is -2.00. The molecule has 3 nitrogen and oxygen atoms in total. The van der Waals surface area contributed by atoms with Crippen molar-refractivity contribution in [2.24, 2.45) is 0 Å². The number of nitrogens with zero attached hydrogens (tertiary/aromatic N) is 2. The molecular formula is C18H13N2O+. The third kappa shape index (κ3) is 2.80. The minimum atomic E-state index is 0.0774. The summed E-state index contributed by atoms with van der Waals surface area (Å²) < 4.78 is 1.86. The van der Waals surface area contributed by atoms with E-state index >= 15 is 0 Å². The van der Waals surface area contributed by atoms with Crippen LogP contribution in [0.4, 0.5) is 0 Å². The molecule has 100 valence electrons. The first-order valence-electron chi connectivity index (χ1n) is 6.67. The summed E-state index contributed by atoms with van der Waals surface area (Å²) in [6.45, 7) is 0.306. The molecule has 0 radical (unpaired) electrons. The second-order valence-electron chi connectivity index (χ2n) is 4.86. The topological polar surface area (TPSA) is 44.7 Å². The number of aromatic nitrogens is 1. The Bertz CT molecular complexity index is 848. The molecule has 0 saturated heterocycles. The molecular weight excluding hydrogens is 260 g/mol. The lowest BCUT2D eigenvalue weighted by Crippen LogP contribution is -2.37. The van der Waals surface area contributed by atoms with Crippen LogP contribution in [0.3, 0.4) is 0 Å². The predicted octanol–water partition coefficient (Wildman–Crippen LogP) is 2.88. The van der Waals surface area contributed by atoms with Crippen molar-refractivity contribution < 1.29 is 9.36 Å². The Morgan fingerprint density at radius 2 is 1.86 bits per heavy atom. The van der Waals surface area contributed by atoms with Crippen LogP contribution < -0.4 is 4.57 Å². The van der Waals surface area contributed by atoms with Crippen LogP contribution in [0.5, 0.6) is 0 Å². The number of pyridine rings is 1. The molecule has 21 heavy (non-hydrogen) atoms. The Morgan fingerprint density at radius 3 is 2.62 bits per heavy atom. The summed E-state index contributed by atoms with van der Waals surface area (Å²) in [5.41, 5.74) is 1.35. The van der Waals surface area contributed by atoms with Crippen LogP contribution in [0.25, 0.3) is 10.8 Å². The molecule has 3 heteroatoms. The highest BCUT2D eigenvalue weighted by Crippen LogP contribution is 2.13. The highest BCUT2D eigenvalue weighted by molar-refractivity contribution is 5.95. The molecule has 1 heterocycles. The van der Waals surface area contributed by atoms with Gasteiger partial charge in [0, 0.05) is 17.0 Å². The van der Waals surface area contributed by atoms with Gasteiger partial charge in [-0.25, -0.2) is 0 Å². The maximum absolute atomic E-state index is 12.2. The molecule has 0 amide bonds. The summed E-state index contributed by atoms with van der Waals surface area (Å²) in [5, 5.41) is 10.9. The lowest BCUT2D eigenvalue weighted by molar-refractivity contribution is -0.681. The largest absolute Gasteiger partial charge is 0.287 e. The van der Waals surface area contributed by atoms with Crippen molar-refractivity contribution in [1.29, 1.82) is 5.26 Å². The molecule has 0 unspecified atom stereocenters. The number of carbonyl (C=O) groups excluding carboxylic acids is 1. The molecule has 0 atom stereocenters. The van der Waals surface area contributed by atoms with Crippen LogP contribution in [-0.4, -0.2) is 5.78 Å². The van der Waals surface area contributed by atoms with E-state index in [-0.39, 0.29) is 5.78 Å². The van der Waals surface area contributed by atoms with Crippen molar-refractivity contribution in [1.82, 2.24) is 0 Å². The molecule has 0 saturated carbocycles. The molecule has 2 aromatic carbocycles. The Hall–Kier alpha value is -2.99. The molecule has 0 N–H and O–H groups in total. The average Bonchev–Trinajstić information content (AvgIpc) is 2.55. The molecule has 0 aliphatic rings. The number of rotatable bonds is 3. The van der Waals surface area contributed by atoms with Gasteiger partial charge in [0.1, 0.15) is 0 Å². The summed E-state index contributed by atoms with van der Waals surface area (Å²) in [6.07, 6.45) is 3.79. The normalized spacial score (nSPS) is 10.2. The van der Waals surface area contributed by atoms with Crippen molar-refractivity contribution in [3.8, 4) is 6.07 Å². The van der Waals surface area contributed by atoms with Crippen LogP contribution in [0, 0.1) is 11.3 Å². The Labute approximate surface area is 122 Å². The van der Waals surface area contributed by atoms with E-state index in [0.29, 0.717) is 17.7 Å². The lowest BCUT2D eigenvalue weighted by atomic mass is 10.1. The molecule has 0 spiro atoms. The van der Waals surface area contributed by atoms with Gasteiger partial charge in [-0.05, 0) is 23.6 Å². The fourth-order valence-electron chi connectivity index (χ4n) is 2.28. The molecule has 3 rings (SSSR count).